The number of aromatic nitrogens is 2. The fourth-order valence-corrected chi connectivity index (χ4v) is 2.48. The zero-order chi connectivity index (χ0) is 14.7. The molecule has 0 fully saturated rings. The van der Waals surface area contributed by atoms with Gasteiger partial charge in [-0.3, -0.25) is 0 Å². The molecule has 1 aromatic heterocycles. The summed E-state index contributed by atoms with van der Waals surface area (Å²) in [5.41, 5.74) is 3.93. The number of benzene rings is 2. The van der Waals surface area contributed by atoms with E-state index in [1.807, 2.05) is 36.4 Å². The van der Waals surface area contributed by atoms with E-state index in [0.29, 0.717) is 12.3 Å². The molecule has 106 valence electrons. The van der Waals surface area contributed by atoms with E-state index in [0.717, 1.165) is 27.0 Å². The molecule has 3 rings (SSSR count). The summed E-state index contributed by atoms with van der Waals surface area (Å²) in [5.74, 6) is 0.291. The standard InChI is InChI=1S/C16H14BrN3O/c17-13-3-6-16(21)12(7-13)8-19-14-4-1-11(2-5-14)15-9-18-10-20-15/h1-7,9-10,19,21H,8H2,(H,18,20). The van der Waals surface area contributed by atoms with Crippen LogP contribution in [0.5, 0.6) is 5.75 Å². The number of aromatic amines is 1. The molecular weight excluding hydrogens is 330 g/mol. The second-order valence-corrected chi connectivity index (χ2v) is 5.58. The largest absolute Gasteiger partial charge is 0.508 e. The summed E-state index contributed by atoms with van der Waals surface area (Å²) in [6.07, 6.45) is 3.46. The molecule has 1 heterocycles. The fraction of sp³-hybridized carbons (Fsp3) is 0.0625. The average molecular weight is 344 g/mol. The van der Waals surface area contributed by atoms with Gasteiger partial charge in [-0.05, 0) is 35.9 Å². The molecule has 3 N–H and O–H groups in total. The molecule has 0 aliphatic heterocycles. The Morgan fingerprint density at radius 1 is 1.14 bits per heavy atom. The molecule has 0 saturated heterocycles. The van der Waals surface area contributed by atoms with Crippen LogP contribution in [-0.2, 0) is 6.54 Å². The van der Waals surface area contributed by atoms with Crippen LogP contribution in [0.25, 0.3) is 11.3 Å². The van der Waals surface area contributed by atoms with Crippen LogP contribution in [0.3, 0.4) is 0 Å². The van der Waals surface area contributed by atoms with Crippen molar-refractivity contribution >= 4 is 21.6 Å². The molecule has 3 aromatic rings. The Morgan fingerprint density at radius 3 is 2.67 bits per heavy atom. The molecule has 0 atom stereocenters. The van der Waals surface area contributed by atoms with Gasteiger partial charge in [0, 0.05) is 22.3 Å². The van der Waals surface area contributed by atoms with Gasteiger partial charge in [0.2, 0.25) is 0 Å². The van der Waals surface area contributed by atoms with Crippen molar-refractivity contribution < 1.29 is 5.11 Å². The molecule has 0 aliphatic carbocycles. The van der Waals surface area contributed by atoms with E-state index in [2.05, 4.69) is 31.2 Å². The molecule has 0 bridgehead atoms. The third-order valence-corrected chi connectivity index (χ3v) is 3.71. The summed E-state index contributed by atoms with van der Waals surface area (Å²) >= 11 is 3.41. The number of aromatic hydroxyl groups is 1. The highest BCUT2D eigenvalue weighted by molar-refractivity contribution is 9.10. The van der Waals surface area contributed by atoms with E-state index in [1.165, 1.54) is 0 Å². The fourth-order valence-electron chi connectivity index (χ4n) is 2.07. The third kappa shape index (κ3) is 3.25. The third-order valence-electron chi connectivity index (χ3n) is 3.22. The molecule has 0 amide bonds. The number of hydrogen-bond donors (Lipinski definition) is 3. The van der Waals surface area contributed by atoms with E-state index < -0.39 is 0 Å². The molecule has 0 spiro atoms. The lowest BCUT2D eigenvalue weighted by molar-refractivity contribution is 0.469. The summed E-state index contributed by atoms with van der Waals surface area (Å²) < 4.78 is 0.951. The Balaban J connectivity index is 1.70. The second kappa shape index (κ2) is 6.01. The number of H-pyrrole nitrogens is 1. The van der Waals surface area contributed by atoms with Crippen LogP contribution in [0.1, 0.15) is 5.56 Å². The molecule has 2 aromatic carbocycles. The van der Waals surface area contributed by atoms with E-state index in [4.69, 9.17) is 0 Å². The van der Waals surface area contributed by atoms with Crippen molar-refractivity contribution in [1.82, 2.24) is 9.97 Å². The second-order valence-electron chi connectivity index (χ2n) is 4.67. The van der Waals surface area contributed by atoms with Crippen molar-refractivity contribution in [3.63, 3.8) is 0 Å². The lowest BCUT2D eigenvalue weighted by Gasteiger charge is -2.09. The van der Waals surface area contributed by atoms with Gasteiger partial charge in [0.25, 0.3) is 0 Å². The molecule has 5 heteroatoms. The maximum atomic E-state index is 9.81. The predicted octanol–water partition coefficient (Wildman–Crippen LogP) is 4.16. The molecule has 21 heavy (non-hydrogen) atoms. The monoisotopic (exact) mass is 343 g/mol. The number of nitrogens with one attached hydrogen (secondary N) is 2. The summed E-state index contributed by atoms with van der Waals surface area (Å²) in [6, 6.07) is 13.5. The van der Waals surface area contributed by atoms with E-state index >= 15 is 0 Å². The average Bonchev–Trinajstić information content (AvgIpc) is 3.03. The summed E-state index contributed by atoms with van der Waals surface area (Å²) in [4.78, 5) is 7.09. The number of anilines is 1. The van der Waals surface area contributed by atoms with Crippen LogP contribution in [-0.4, -0.2) is 15.1 Å². The summed E-state index contributed by atoms with van der Waals surface area (Å²) in [6.45, 7) is 0.564. The topological polar surface area (TPSA) is 60.9 Å². The number of hydrogen-bond acceptors (Lipinski definition) is 3. The molecule has 0 aliphatic rings. The normalized spacial score (nSPS) is 10.5. The van der Waals surface area contributed by atoms with Crippen molar-refractivity contribution in [2.24, 2.45) is 0 Å². The minimum atomic E-state index is 0.291. The molecule has 0 unspecified atom stereocenters. The maximum Gasteiger partial charge on any atom is 0.120 e. The number of phenols is 1. The van der Waals surface area contributed by atoms with E-state index in [1.54, 1.807) is 18.6 Å². The molecule has 4 nitrogen and oxygen atoms in total. The van der Waals surface area contributed by atoms with Crippen LogP contribution in [0.4, 0.5) is 5.69 Å². The van der Waals surface area contributed by atoms with Crippen LogP contribution < -0.4 is 5.32 Å². The highest BCUT2D eigenvalue weighted by atomic mass is 79.9. The molecule has 0 saturated carbocycles. The molecular formula is C16H14BrN3O. The molecule has 0 radical (unpaired) electrons. The van der Waals surface area contributed by atoms with Crippen LogP contribution in [0.15, 0.2) is 59.5 Å². The van der Waals surface area contributed by atoms with Gasteiger partial charge in [0.1, 0.15) is 5.75 Å². The minimum Gasteiger partial charge on any atom is -0.508 e. The SMILES string of the molecule is Oc1ccc(Br)cc1CNc1ccc(-c2cnc[nH]2)cc1. The van der Waals surface area contributed by atoms with Crippen LogP contribution in [0, 0.1) is 0 Å². The first kappa shape index (κ1) is 13.7. The van der Waals surface area contributed by atoms with Crippen molar-refractivity contribution in [3.8, 4) is 17.0 Å². The predicted molar refractivity (Wildman–Crippen MR) is 87.2 cm³/mol. The lowest BCUT2D eigenvalue weighted by atomic mass is 10.1. The maximum absolute atomic E-state index is 9.81. The first-order valence-electron chi connectivity index (χ1n) is 6.52. The zero-order valence-electron chi connectivity index (χ0n) is 11.2. The van der Waals surface area contributed by atoms with Crippen molar-refractivity contribution in [3.05, 3.63) is 65.0 Å². The van der Waals surface area contributed by atoms with Gasteiger partial charge in [0.15, 0.2) is 0 Å². The smallest absolute Gasteiger partial charge is 0.120 e. The van der Waals surface area contributed by atoms with Crippen LogP contribution >= 0.6 is 15.9 Å². The Kier molecular flexibility index (Phi) is 3.92. The number of imidazole rings is 1. The van der Waals surface area contributed by atoms with Gasteiger partial charge in [-0.2, -0.15) is 0 Å². The first-order valence-corrected chi connectivity index (χ1v) is 7.32. The number of phenolic OH excluding ortho intramolecular Hbond substituents is 1. The lowest BCUT2D eigenvalue weighted by Crippen LogP contribution is -1.99. The zero-order valence-corrected chi connectivity index (χ0v) is 12.8. The van der Waals surface area contributed by atoms with Gasteiger partial charge in [0.05, 0.1) is 18.2 Å². The Morgan fingerprint density at radius 2 is 1.95 bits per heavy atom. The van der Waals surface area contributed by atoms with Crippen molar-refractivity contribution in [1.29, 1.82) is 0 Å². The van der Waals surface area contributed by atoms with Gasteiger partial charge < -0.3 is 15.4 Å². The van der Waals surface area contributed by atoms with Gasteiger partial charge >= 0.3 is 0 Å². The van der Waals surface area contributed by atoms with Gasteiger partial charge in [-0.1, -0.05) is 28.1 Å². The Hall–Kier alpha value is -2.27. The highest BCUT2D eigenvalue weighted by Crippen LogP contribution is 2.24. The highest BCUT2D eigenvalue weighted by Gasteiger charge is 2.03. The first-order chi connectivity index (χ1) is 10.2. The van der Waals surface area contributed by atoms with Crippen LogP contribution in [0.2, 0.25) is 0 Å². The van der Waals surface area contributed by atoms with Crippen molar-refractivity contribution in [2.75, 3.05) is 5.32 Å². The van der Waals surface area contributed by atoms with Crippen molar-refractivity contribution in [2.45, 2.75) is 6.54 Å². The van der Waals surface area contributed by atoms with E-state index in [-0.39, 0.29) is 0 Å². The summed E-state index contributed by atoms with van der Waals surface area (Å²) in [5, 5.41) is 13.1. The van der Waals surface area contributed by atoms with E-state index in [9.17, 15) is 5.11 Å². The minimum absolute atomic E-state index is 0.291. The number of halogens is 1. The quantitative estimate of drug-likeness (QED) is 0.666. The Bertz CT molecular complexity index is 724. The Labute approximate surface area is 131 Å². The summed E-state index contributed by atoms with van der Waals surface area (Å²) in [7, 11) is 0. The van der Waals surface area contributed by atoms with Gasteiger partial charge in [-0.15, -0.1) is 0 Å². The number of rotatable bonds is 4. The van der Waals surface area contributed by atoms with Gasteiger partial charge in [-0.25, -0.2) is 4.98 Å². The number of nitrogens with zero attached hydrogens (tertiary/aromatic N) is 1.